The first-order valence-electron chi connectivity index (χ1n) is 9.52. The van der Waals surface area contributed by atoms with E-state index in [4.69, 9.17) is 0 Å². The van der Waals surface area contributed by atoms with Crippen LogP contribution in [0.15, 0.2) is 36.7 Å². The number of benzene rings is 1. The molecule has 1 saturated carbocycles. The summed E-state index contributed by atoms with van der Waals surface area (Å²) in [5.41, 5.74) is 1.31. The third kappa shape index (κ3) is 3.91. The molecule has 1 amide bonds. The highest BCUT2D eigenvalue weighted by Crippen LogP contribution is 2.40. The third-order valence-corrected chi connectivity index (χ3v) is 5.45. The van der Waals surface area contributed by atoms with Crippen LogP contribution in [-0.2, 0) is 11.2 Å². The van der Waals surface area contributed by atoms with Gasteiger partial charge in [0.2, 0.25) is 5.91 Å². The number of amides is 1. The summed E-state index contributed by atoms with van der Waals surface area (Å²) >= 11 is 0. The summed E-state index contributed by atoms with van der Waals surface area (Å²) in [6.45, 7) is 1.72. The molecule has 0 unspecified atom stereocenters. The quantitative estimate of drug-likeness (QED) is 0.812. The number of aromatic nitrogens is 3. The molecule has 5 nitrogen and oxygen atoms in total. The van der Waals surface area contributed by atoms with Crippen LogP contribution in [-0.4, -0.2) is 38.7 Å². The van der Waals surface area contributed by atoms with Gasteiger partial charge in [-0.25, -0.2) is 0 Å². The maximum atomic E-state index is 12.5. The molecule has 1 aliphatic heterocycles. The van der Waals surface area contributed by atoms with Gasteiger partial charge in [-0.1, -0.05) is 30.3 Å². The molecule has 4 rings (SSSR count). The van der Waals surface area contributed by atoms with E-state index in [1.807, 2.05) is 17.3 Å². The minimum atomic E-state index is 0.306. The van der Waals surface area contributed by atoms with Crippen LogP contribution in [0.1, 0.15) is 61.9 Å². The van der Waals surface area contributed by atoms with Gasteiger partial charge in [0.05, 0.1) is 0 Å². The highest BCUT2D eigenvalue weighted by molar-refractivity contribution is 5.76. The zero-order valence-electron chi connectivity index (χ0n) is 14.7. The van der Waals surface area contributed by atoms with Gasteiger partial charge in [0, 0.05) is 31.5 Å². The Morgan fingerprint density at radius 3 is 2.56 bits per heavy atom. The topological polar surface area (TPSA) is 51.0 Å². The van der Waals surface area contributed by atoms with Crippen LogP contribution in [0.4, 0.5) is 0 Å². The predicted octanol–water partition coefficient (Wildman–Crippen LogP) is 3.34. The van der Waals surface area contributed by atoms with E-state index >= 15 is 0 Å². The molecule has 0 atom stereocenters. The first kappa shape index (κ1) is 16.3. The Kier molecular flexibility index (Phi) is 4.81. The van der Waals surface area contributed by atoms with E-state index in [1.165, 1.54) is 18.4 Å². The van der Waals surface area contributed by atoms with Crippen LogP contribution in [0.5, 0.6) is 0 Å². The molecule has 2 aliphatic rings. The number of aryl methyl sites for hydroxylation is 1. The van der Waals surface area contributed by atoms with Gasteiger partial charge >= 0.3 is 0 Å². The van der Waals surface area contributed by atoms with Crippen LogP contribution in [0.2, 0.25) is 0 Å². The molecule has 0 bridgehead atoms. The van der Waals surface area contributed by atoms with Crippen molar-refractivity contribution >= 4 is 5.91 Å². The molecule has 2 fully saturated rings. The Hall–Kier alpha value is -2.17. The monoisotopic (exact) mass is 338 g/mol. The fraction of sp³-hybridized carbons (Fsp3) is 0.550. The summed E-state index contributed by atoms with van der Waals surface area (Å²) in [6.07, 6.45) is 8.98. The van der Waals surface area contributed by atoms with Gasteiger partial charge in [0.1, 0.15) is 12.2 Å². The van der Waals surface area contributed by atoms with Crippen LogP contribution in [0.3, 0.4) is 0 Å². The smallest absolute Gasteiger partial charge is 0.222 e. The largest absolute Gasteiger partial charge is 0.343 e. The zero-order valence-corrected chi connectivity index (χ0v) is 14.7. The lowest BCUT2D eigenvalue weighted by molar-refractivity contribution is -0.132. The number of piperidine rings is 1. The van der Waals surface area contributed by atoms with Gasteiger partial charge < -0.3 is 9.47 Å². The number of likely N-dealkylation sites (tertiary alicyclic amines) is 1. The summed E-state index contributed by atoms with van der Waals surface area (Å²) in [6, 6.07) is 10.9. The average Bonchev–Trinajstić information content (AvgIpc) is 3.39. The molecule has 5 heteroatoms. The van der Waals surface area contributed by atoms with Crippen molar-refractivity contribution in [3.63, 3.8) is 0 Å². The number of rotatable bonds is 6. The van der Waals surface area contributed by atoms with E-state index < -0.39 is 0 Å². The zero-order chi connectivity index (χ0) is 17.1. The highest BCUT2D eigenvalue weighted by atomic mass is 16.2. The van der Waals surface area contributed by atoms with Crippen molar-refractivity contribution in [2.45, 2.75) is 56.9 Å². The Bertz CT molecular complexity index is 699. The van der Waals surface area contributed by atoms with Gasteiger partial charge in [-0.3, -0.25) is 4.79 Å². The van der Waals surface area contributed by atoms with Crippen LogP contribution < -0.4 is 0 Å². The molecule has 132 valence electrons. The molecule has 2 heterocycles. The van der Waals surface area contributed by atoms with Crippen molar-refractivity contribution < 1.29 is 4.79 Å². The summed E-state index contributed by atoms with van der Waals surface area (Å²) in [4.78, 5) is 14.5. The lowest BCUT2D eigenvalue weighted by Gasteiger charge is -2.33. The van der Waals surface area contributed by atoms with Crippen LogP contribution in [0.25, 0.3) is 0 Å². The first-order valence-corrected chi connectivity index (χ1v) is 9.52. The van der Waals surface area contributed by atoms with Crippen LogP contribution in [0, 0.1) is 0 Å². The second-order valence-electron chi connectivity index (χ2n) is 7.32. The molecule has 0 spiro atoms. The number of carbonyl (C=O) groups is 1. The normalized spacial score (nSPS) is 18.5. The fourth-order valence-corrected chi connectivity index (χ4v) is 3.81. The van der Waals surface area contributed by atoms with Gasteiger partial charge in [0.25, 0.3) is 0 Å². The van der Waals surface area contributed by atoms with Crippen molar-refractivity contribution in [1.29, 1.82) is 0 Å². The van der Waals surface area contributed by atoms with E-state index in [0.29, 0.717) is 24.3 Å². The Morgan fingerprint density at radius 1 is 1.08 bits per heavy atom. The van der Waals surface area contributed by atoms with Crippen molar-refractivity contribution in [3.05, 3.63) is 48.0 Å². The summed E-state index contributed by atoms with van der Waals surface area (Å²) in [5, 5.41) is 8.42. The molecular formula is C20H26N4O. The number of carbonyl (C=O) groups excluding carboxylic acids is 1. The average molecular weight is 338 g/mol. The van der Waals surface area contributed by atoms with E-state index in [9.17, 15) is 4.79 Å². The molecule has 1 aromatic heterocycles. The highest BCUT2D eigenvalue weighted by Gasteiger charge is 2.32. The molecular weight excluding hydrogens is 312 g/mol. The Labute approximate surface area is 149 Å². The van der Waals surface area contributed by atoms with Crippen molar-refractivity contribution in [1.82, 2.24) is 19.7 Å². The van der Waals surface area contributed by atoms with Crippen molar-refractivity contribution in [2.24, 2.45) is 0 Å². The summed E-state index contributed by atoms with van der Waals surface area (Å²) in [7, 11) is 0. The van der Waals surface area contributed by atoms with Gasteiger partial charge in [0.15, 0.2) is 0 Å². The van der Waals surface area contributed by atoms with Gasteiger partial charge in [-0.05, 0) is 44.1 Å². The number of hydrogen-bond donors (Lipinski definition) is 0. The van der Waals surface area contributed by atoms with E-state index in [2.05, 4.69) is 39.0 Å². The van der Waals surface area contributed by atoms with Gasteiger partial charge in [-0.15, -0.1) is 10.2 Å². The molecule has 0 radical (unpaired) electrons. The van der Waals surface area contributed by atoms with Gasteiger partial charge in [-0.2, -0.15) is 0 Å². The second-order valence-corrected chi connectivity index (χ2v) is 7.32. The SMILES string of the molecule is O=C(CCCc1ccccc1)N1CCC(n2cnnc2C2CC2)CC1. The molecule has 25 heavy (non-hydrogen) atoms. The standard InChI is InChI=1S/C20H26N4O/c25-19(8-4-7-16-5-2-1-3-6-16)23-13-11-18(12-14-23)24-15-21-22-20(24)17-9-10-17/h1-3,5-6,15,17-18H,4,7-14H2. The van der Waals surface area contributed by atoms with Crippen molar-refractivity contribution in [2.75, 3.05) is 13.1 Å². The van der Waals surface area contributed by atoms with E-state index in [-0.39, 0.29) is 0 Å². The maximum Gasteiger partial charge on any atom is 0.222 e. The van der Waals surface area contributed by atoms with Crippen LogP contribution >= 0.6 is 0 Å². The fourth-order valence-electron chi connectivity index (χ4n) is 3.81. The molecule has 1 saturated heterocycles. The summed E-state index contributed by atoms with van der Waals surface area (Å²) < 4.78 is 2.27. The minimum Gasteiger partial charge on any atom is -0.343 e. The Morgan fingerprint density at radius 2 is 1.84 bits per heavy atom. The molecule has 0 N–H and O–H groups in total. The van der Waals surface area contributed by atoms with E-state index in [1.54, 1.807) is 0 Å². The predicted molar refractivity (Wildman–Crippen MR) is 96.2 cm³/mol. The van der Waals surface area contributed by atoms with Crippen molar-refractivity contribution in [3.8, 4) is 0 Å². The minimum absolute atomic E-state index is 0.306. The molecule has 1 aromatic carbocycles. The Balaban J connectivity index is 1.24. The lowest BCUT2D eigenvalue weighted by atomic mass is 10.0. The maximum absolute atomic E-state index is 12.5. The third-order valence-electron chi connectivity index (χ3n) is 5.45. The summed E-state index contributed by atoms with van der Waals surface area (Å²) in [5.74, 6) is 2.09. The number of nitrogens with zero attached hydrogens (tertiary/aromatic N) is 4. The lowest BCUT2D eigenvalue weighted by Crippen LogP contribution is -2.39. The molecule has 2 aromatic rings. The van der Waals surface area contributed by atoms with E-state index in [0.717, 1.165) is 44.6 Å². The first-order chi connectivity index (χ1) is 12.3. The second kappa shape index (κ2) is 7.38. The molecule has 1 aliphatic carbocycles. The number of hydrogen-bond acceptors (Lipinski definition) is 3.